The molecule has 1 atom stereocenters. The second kappa shape index (κ2) is 5.23. The number of halogens is 1. The molecule has 4 nitrogen and oxygen atoms in total. The fourth-order valence-electron chi connectivity index (χ4n) is 2.32. The van der Waals surface area contributed by atoms with Crippen LogP contribution in [0.2, 0.25) is 0 Å². The average molecular weight is 278 g/mol. The Balaban J connectivity index is 2.00. The number of carbonyl (C=O) groups excluding carboxylic acids is 2. The standard InChI is InChI=1S/C15H19FN2O2/c1-15(2,3)18-9-12(8-13(18)19)17-14(20)10-4-6-11(16)7-5-10/h4-7,12H,8-9H2,1-3H3,(H,17,20). The maximum atomic E-state index is 12.8. The van der Waals surface area contributed by atoms with E-state index in [2.05, 4.69) is 5.32 Å². The predicted molar refractivity (Wildman–Crippen MR) is 73.7 cm³/mol. The third-order valence-electron chi connectivity index (χ3n) is 3.38. The highest BCUT2D eigenvalue weighted by Gasteiger charge is 2.36. The summed E-state index contributed by atoms with van der Waals surface area (Å²) in [5.74, 6) is -0.614. The highest BCUT2D eigenvalue weighted by Crippen LogP contribution is 2.22. The molecule has 2 rings (SSSR count). The summed E-state index contributed by atoms with van der Waals surface area (Å²) in [6.07, 6.45) is 0.310. The number of rotatable bonds is 2. The summed E-state index contributed by atoms with van der Waals surface area (Å²) in [5.41, 5.74) is 0.153. The molecule has 20 heavy (non-hydrogen) atoms. The van der Waals surface area contributed by atoms with E-state index in [1.165, 1.54) is 24.3 Å². The number of hydrogen-bond acceptors (Lipinski definition) is 2. The van der Waals surface area contributed by atoms with Gasteiger partial charge < -0.3 is 10.2 Å². The first-order chi connectivity index (χ1) is 9.27. The minimum Gasteiger partial charge on any atom is -0.347 e. The van der Waals surface area contributed by atoms with Crippen molar-refractivity contribution in [1.82, 2.24) is 10.2 Å². The number of nitrogens with one attached hydrogen (secondary N) is 1. The summed E-state index contributed by atoms with van der Waals surface area (Å²) in [6, 6.07) is 5.16. The van der Waals surface area contributed by atoms with Crippen molar-refractivity contribution in [2.75, 3.05) is 6.54 Å². The van der Waals surface area contributed by atoms with Crippen LogP contribution in [0.4, 0.5) is 4.39 Å². The third kappa shape index (κ3) is 3.15. The molecule has 2 amide bonds. The summed E-state index contributed by atoms with van der Waals surface area (Å²) < 4.78 is 12.8. The molecule has 0 aliphatic carbocycles. The van der Waals surface area contributed by atoms with Gasteiger partial charge in [0.05, 0.1) is 6.04 Å². The van der Waals surface area contributed by atoms with E-state index in [1.54, 1.807) is 4.90 Å². The maximum Gasteiger partial charge on any atom is 0.251 e. The quantitative estimate of drug-likeness (QED) is 0.899. The molecule has 1 saturated heterocycles. The molecule has 0 aromatic heterocycles. The first-order valence-corrected chi connectivity index (χ1v) is 6.64. The zero-order valence-corrected chi connectivity index (χ0v) is 11.9. The third-order valence-corrected chi connectivity index (χ3v) is 3.38. The molecule has 0 spiro atoms. The summed E-state index contributed by atoms with van der Waals surface area (Å²) in [5, 5.41) is 2.82. The van der Waals surface area contributed by atoms with E-state index in [-0.39, 0.29) is 29.2 Å². The SMILES string of the molecule is CC(C)(C)N1CC(NC(=O)c2ccc(F)cc2)CC1=O. The summed E-state index contributed by atoms with van der Waals surface area (Å²) >= 11 is 0. The van der Waals surface area contributed by atoms with Crippen molar-refractivity contribution < 1.29 is 14.0 Å². The monoisotopic (exact) mass is 278 g/mol. The minimum atomic E-state index is -0.378. The van der Waals surface area contributed by atoms with E-state index in [4.69, 9.17) is 0 Å². The number of amides is 2. The molecule has 5 heteroatoms. The summed E-state index contributed by atoms with van der Waals surface area (Å²) in [7, 11) is 0. The van der Waals surface area contributed by atoms with Gasteiger partial charge >= 0.3 is 0 Å². The van der Waals surface area contributed by atoms with Crippen LogP contribution in [-0.4, -0.2) is 34.8 Å². The lowest BCUT2D eigenvalue weighted by Crippen LogP contribution is -2.44. The van der Waals surface area contributed by atoms with Crippen LogP contribution in [0.1, 0.15) is 37.6 Å². The molecule has 1 unspecified atom stereocenters. The first-order valence-electron chi connectivity index (χ1n) is 6.64. The molecule has 1 fully saturated rings. The van der Waals surface area contributed by atoms with Crippen molar-refractivity contribution in [2.45, 2.75) is 38.8 Å². The van der Waals surface area contributed by atoms with Crippen LogP contribution in [0.5, 0.6) is 0 Å². The van der Waals surface area contributed by atoms with E-state index in [1.807, 2.05) is 20.8 Å². The normalized spacial score (nSPS) is 19.3. The van der Waals surface area contributed by atoms with Crippen molar-refractivity contribution in [1.29, 1.82) is 0 Å². The van der Waals surface area contributed by atoms with Gasteiger partial charge in [-0.1, -0.05) is 0 Å². The smallest absolute Gasteiger partial charge is 0.251 e. The fraction of sp³-hybridized carbons (Fsp3) is 0.467. The number of carbonyl (C=O) groups is 2. The molecule has 1 N–H and O–H groups in total. The minimum absolute atomic E-state index is 0.0434. The molecule has 1 aromatic rings. The molecule has 108 valence electrons. The van der Waals surface area contributed by atoms with Gasteiger partial charge in [0, 0.05) is 24.1 Å². The van der Waals surface area contributed by atoms with Crippen LogP contribution < -0.4 is 5.32 Å². The van der Waals surface area contributed by atoms with Gasteiger partial charge in [-0.15, -0.1) is 0 Å². The van der Waals surface area contributed by atoms with Gasteiger partial charge in [-0.2, -0.15) is 0 Å². The van der Waals surface area contributed by atoms with Crippen LogP contribution >= 0.6 is 0 Å². The van der Waals surface area contributed by atoms with Crippen LogP contribution in [0.25, 0.3) is 0 Å². The van der Waals surface area contributed by atoms with E-state index in [0.29, 0.717) is 18.5 Å². The number of benzene rings is 1. The number of nitrogens with zero attached hydrogens (tertiary/aromatic N) is 1. The molecule has 1 heterocycles. The summed E-state index contributed by atoms with van der Waals surface area (Å²) in [4.78, 5) is 25.7. The number of hydrogen-bond donors (Lipinski definition) is 1. The lowest BCUT2D eigenvalue weighted by molar-refractivity contribution is -0.131. The van der Waals surface area contributed by atoms with Gasteiger partial charge in [0.15, 0.2) is 0 Å². The topological polar surface area (TPSA) is 49.4 Å². The zero-order valence-electron chi connectivity index (χ0n) is 11.9. The van der Waals surface area contributed by atoms with Gasteiger partial charge in [0.1, 0.15) is 5.82 Å². The zero-order chi connectivity index (χ0) is 14.9. The number of likely N-dealkylation sites (tertiary alicyclic amines) is 1. The summed E-state index contributed by atoms with van der Waals surface area (Å²) in [6.45, 7) is 6.41. The van der Waals surface area contributed by atoms with Gasteiger partial charge in [0.2, 0.25) is 5.91 Å². The van der Waals surface area contributed by atoms with Crippen molar-refractivity contribution in [3.63, 3.8) is 0 Å². The van der Waals surface area contributed by atoms with Crippen molar-refractivity contribution in [3.8, 4) is 0 Å². The Bertz CT molecular complexity index is 520. The van der Waals surface area contributed by atoms with Gasteiger partial charge in [-0.3, -0.25) is 9.59 Å². The van der Waals surface area contributed by atoms with Crippen LogP contribution in [0.3, 0.4) is 0 Å². The predicted octanol–water partition coefficient (Wildman–Crippen LogP) is 1.95. The van der Waals surface area contributed by atoms with Gasteiger partial charge in [-0.25, -0.2) is 4.39 Å². The Morgan fingerprint density at radius 2 is 1.90 bits per heavy atom. The second-order valence-corrected chi connectivity index (χ2v) is 6.06. The molecule has 1 aliphatic heterocycles. The fourth-order valence-corrected chi connectivity index (χ4v) is 2.32. The van der Waals surface area contributed by atoms with Crippen molar-refractivity contribution >= 4 is 11.8 Å². The lowest BCUT2D eigenvalue weighted by Gasteiger charge is -2.32. The van der Waals surface area contributed by atoms with Gasteiger partial charge in [0.25, 0.3) is 5.91 Å². The first kappa shape index (κ1) is 14.5. The van der Waals surface area contributed by atoms with Crippen LogP contribution in [-0.2, 0) is 4.79 Å². The van der Waals surface area contributed by atoms with Crippen molar-refractivity contribution in [2.24, 2.45) is 0 Å². The Morgan fingerprint density at radius 3 is 2.40 bits per heavy atom. The van der Waals surface area contributed by atoms with Crippen LogP contribution in [0, 0.1) is 5.82 Å². The highest BCUT2D eigenvalue weighted by molar-refractivity contribution is 5.95. The second-order valence-electron chi connectivity index (χ2n) is 6.06. The molecule has 0 saturated carbocycles. The van der Waals surface area contributed by atoms with E-state index < -0.39 is 0 Å². The van der Waals surface area contributed by atoms with Crippen molar-refractivity contribution in [3.05, 3.63) is 35.6 Å². The lowest BCUT2D eigenvalue weighted by atomic mass is 10.1. The Kier molecular flexibility index (Phi) is 3.79. The largest absolute Gasteiger partial charge is 0.347 e. The van der Waals surface area contributed by atoms with Crippen LogP contribution in [0.15, 0.2) is 24.3 Å². The molecular weight excluding hydrogens is 259 g/mol. The van der Waals surface area contributed by atoms with E-state index in [0.717, 1.165) is 0 Å². The molecule has 0 bridgehead atoms. The Labute approximate surface area is 118 Å². The molecule has 1 aliphatic rings. The Hall–Kier alpha value is -1.91. The molecular formula is C15H19FN2O2. The highest BCUT2D eigenvalue weighted by atomic mass is 19.1. The van der Waals surface area contributed by atoms with E-state index >= 15 is 0 Å². The molecule has 0 radical (unpaired) electrons. The molecule has 1 aromatic carbocycles. The Morgan fingerprint density at radius 1 is 1.30 bits per heavy atom. The van der Waals surface area contributed by atoms with E-state index in [9.17, 15) is 14.0 Å². The average Bonchev–Trinajstić information content (AvgIpc) is 2.70. The maximum absolute atomic E-state index is 12.8. The van der Waals surface area contributed by atoms with Gasteiger partial charge in [-0.05, 0) is 45.0 Å².